The van der Waals surface area contributed by atoms with Crippen LogP contribution in [0.2, 0.25) is 0 Å². The van der Waals surface area contributed by atoms with Gasteiger partial charge in [0, 0.05) is 23.7 Å². The number of benzene rings is 4. The van der Waals surface area contributed by atoms with Crippen molar-refractivity contribution in [2.24, 2.45) is 11.8 Å². The first-order valence-corrected chi connectivity index (χ1v) is 17.0. The third kappa shape index (κ3) is 7.60. The molecule has 4 aromatic rings. The van der Waals surface area contributed by atoms with E-state index < -0.39 is 41.0 Å². The van der Waals surface area contributed by atoms with E-state index in [9.17, 15) is 19.5 Å². The van der Waals surface area contributed by atoms with Crippen LogP contribution in [0, 0.1) is 60.3 Å². The van der Waals surface area contributed by atoms with Gasteiger partial charge in [-0.3, -0.25) is 14.4 Å². The molecule has 1 saturated carbocycles. The summed E-state index contributed by atoms with van der Waals surface area (Å²) >= 11 is 0. The first kappa shape index (κ1) is 36.3. The van der Waals surface area contributed by atoms with E-state index in [0.717, 1.165) is 33.4 Å². The van der Waals surface area contributed by atoms with Gasteiger partial charge in [-0.1, -0.05) is 42.5 Å². The third-order valence-electron chi connectivity index (χ3n) is 10.0. The summed E-state index contributed by atoms with van der Waals surface area (Å²) in [5.74, 6) is -4.13. The molecule has 0 saturated heterocycles. The molecule has 5 rings (SSSR count). The number of aliphatic hydroxyl groups is 1. The fourth-order valence-corrected chi connectivity index (χ4v) is 7.00. The highest BCUT2D eigenvalue weighted by Crippen LogP contribution is 2.48. The molecule has 8 heteroatoms. The first-order chi connectivity index (χ1) is 23.6. The molecular formula is C42H48N2O6. The second kappa shape index (κ2) is 14.5. The molecule has 3 N–H and O–H groups in total. The van der Waals surface area contributed by atoms with Crippen molar-refractivity contribution in [3.05, 3.63) is 117 Å². The fraction of sp³-hybridized carbons (Fsp3) is 0.357. The molecule has 1 fully saturated rings. The zero-order valence-corrected chi connectivity index (χ0v) is 30.5. The van der Waals surface area contributed by atoms with Crippen LogP contribution in [0.3, 0.4) is 0 Å². The summed E-state index contributed by atoms with van der Waals surface area (Å²) in [7, 11) is 1.52. The summed E-state index contributed by atoms with van der Waals surface area (Å²) < 4.78 is 12.0. The van der Waals surface area contributed by atoms with Crippen LogP contribution < -0.4 is 20.1 Å². The Morgan fingerprint density at radius 1 is 0.740 bits per heavy atom. The maximum atomic E-state index is 14.4. The largest absolute Gasteiger partial charge is 0.493 e. The number of methoxy groups -OCH3 is 1. The van der Waals surface area contributed by atoms with Crippen LogP contribution in [0.15, 0.2) is 66.7 Å². The van der Waals surface area contributed by atoms with Crippen molar-refractivity contribution in [3.63, 3.8) is 0 Å². The average Bonchev–Trinajstić information content (AvgIpc) is 3.04. The van der Waals surface area contributed by atoms with Crippen molar-refractivity contribution in [1.29, 1.82) is 0 Å². The minimum atomic E-state index is -1.76. The lowest BCUT2D eigenvalue weighted by Gasteiger charge is -2.44. The highest BCUT2D eigenvalue weighted by molar-refractivity contribution is 6.10. The van der Waals surface area contributed by atoms with Gasteiger partial charge >= 0.3 is 0 Å². The Kier molecular flexibility index (Phi) is 10.5. The molecule has 8 nitrogen and oxygen atoms in total. The van der Waals surface area contributed by atoms with Crippen molar-refractivity contribution in [3.8, 4) is 11.5 Å². The number of carbonyl (C=O) groups excluding carboxylic acids is 3. The van der Waals surface area contributed by atoms with E-state index in [1.807, 2.05) is 71.0 Å². The summed E-state index contributed by atoms with van der Waals surface area (Å²) in [6.07, 6.45) is -0.368. The monoisotopic (exact) mass is 676 g/mol. The Balaban J connectivity index is 1.58. The van der Waals surface area contributed by atoms with Gasteiger partial charge in [0.15, 0.2) is 11.5 Å². The van der Waals surface area contributed by atoms with Crippen LogP contribution in [0.25, 0.3) is 0 Å². The van der Waals surface area contributed by atoms with Crippen molar-refractivity contribution in [1.82, 2.24) is 0 Å². The average molecular weight is 677 g/mol. The van der Waals surface area contributed by atoms with E-state index in [1.54, 1.807) is 18.2 Å². The third-order valence-corrected chi connectivity index (χ3v) is 10.0. The van der Waals surface area contributed by atoms with E-state index in [1.165, 1.54) is 25.2 Å². The predicted octanol–water partition coefficient (Wildman–Crippen LogP) is 7.75. The number of Topliss-reactive ketones (excluding diaryl/α,β-unsaturated/α-hetero) is 1. The molecule has 4 aromatic carbocycles. The second-order valence-electron chi connectivity index (χ2n) is 14.2. The lowest BCUT2D eigenvalue weighted by Crippen LogP contribution is -2.56. The van der Waals surface area contributed by atoms with Gasteiger partial charge in [-0.2, -0.15) is 0 Å². The number of ketones is 1. The Morgan fingerprint density at radius 3 is 1.92 bits per heavy atom. The molecule has 262 valence electrons. The molecule has 0 aromatic heterocycles. The Labute approximate surface area is 295 Å². The lowest BCUT2D eigenvalue weighted by molar-refractivity contribution is -0.150. The van der Waals surface area contributed by atoms with E-state index in [2.05, 4.69) is 36.6 Å². The van der Waals surface area contributed by atoms with Gasteiger partial charge in [0.05, 0.1) is 18.6 Å². The zero-order valence-electron chi connectivity index (χ0n) is 30.5. The summed E-state index contributed by atoms with van der Waals surface area (Å²) in [5.41, 5.74) is 8.02. The summed E-state index contributed by atoms with van der Waals surface area (Å²) in [6.45, 7) is 15.6. The number of rotatable bonds is 9. The number of ether oxygens (including phenoxy) is 2. The van der Waals surface area contributed by atoms with Gasteiger partial charge in [-0.25, -0.2) is 0 Å². The SMILES string of the molecule is COc1cc(C2C(C(=O)Nc3cc(C)ccc3C)C(=O)CC(C)(O)C2C(=O)Nc2cc(C)ccc2C)ccc1OCc1cc(C)c(C)cc1C. The fourth-order valence-electron chi connectivity index (χ4n) is 7.00. The molecule has 1 aliphatic rings. The van der Waals surface area contributed by atoms with Gasteiger partial charge < -0.3 is 25.2 Å². The van der Waals surface area contributed by atoms with Crippen LogP contribution in [0.5, 0.6) is 11.5 Å². The molecular weight excluding hydrogens is 628 g/mol. The van der Waals surface area contributed by atoms with E-state index in [4.69, 9.17) is 9.47 Å². The number of anilines is 2. The van der Waals surface area contributed by atoms with Crippen LogP contribution in [-0.4, -0.2) is 35.4 Å². The number of nitrogens with one attached hydrogen (secondary N) is 2. The Bertz CT molecular complexity index is 1960. The van der Waals surface area contributed by atoms with Crippen molar-refractivity contribution in [2.45, 2.75) is 79.9 Å². The van der Waals surface area contributed by atoms with Gasteiger partial charge in [0.1, 0.15) is 18.3 Å². The van der Waals surface area contributed by atoms with Gasteiger partial charge in [-0.15, -0.1) is 0 Å². The predicted molar refractivity (Wildman–Crippen MR) is 197 cm³/mol. The quantitative estimate of drug-likeness (QED) is 0.156. The summed E-state index contributed by atoms with van der Waals surface area (Å²) in [4.78, 5) is 42.5. The number of amides is 2. The normalized spacial score (nSPS) is 20.3. The summed E-state index contributed by atoms with van der Waals surface area (Å²) in [5, 5.41) is 17.8. The second-order valence-corrected chi connectivity index (χ2v) is 14.2. The number of carbonyl (C=O) groups is 3. The highest BCUT2D eigenvalue weighted by atomic mass is 16.5. The molecule has 0 aliphatic heterocycles. The van der Waals surface area contributed by atoms with Gasteiger partial charge in [-0.05, 0) is 130 Å². The standard InChI is InChI=1S/C42H48N2O6/c1-23-10-12-25(3)32(16-23)43-40(46)38-34(45)21-42(8,48)39(41(47)44-33-17-24(2)11-13-26(33)4)37(38)30-14-15-35(36(20-30)49-9)50-22-31-19-28(6)27(5)18-29(31)7/h10-20,37-39,48H,21-22H2,1-9H3,(H,43,46)(H,44,47). The van der Waals surface area contributed by atoms with Crippen LogP contribution >= 0.6 is 0 Å². The maximum Gasteiger partial charge on any atom is 0.235 e. The molecule has 0 heterocycles. The van der Waals surface area contributed by atoms with E-state index in [-0.39, 0.29) is 6.42 Å². The molecule has 50 heavy (non-hydrogen) atoms. The van der Waals surface area contributed by atoms with Crippen LogP contribution in [0.4, 0.5) is 11.4 Å². The van der Waals surface area contributed by atoms with E-state index >= 15 is 0 Å². The molecule has 1 aliphatic carbocycles. The van der Waals surface area contributed by atoms with Crippen molar-refractivity contribution >= 4 is 29.0 Å². The number of aryl methyl sites for hydroxylation is 7. The number of hydrogen-bond acceptors (Lipinski definition) is 6. The minimum Gasteiger partial charge on any atom is -0.493 e. The molecule has 4 atom stereocenters. The Morgan fingerprint density at radius 2 is 1.32 bits per heavy atom. The molecule has 0 bridgehead atoms. The van der Waals surface area contributed by atoms with Gasteiger partial charge in [0.2, 0.25) is 11.8 Å². The summed E-state index contributed by atoms with van der Waals surface area (Å²) in [6, 6.07) is 20.9. The van der Waals surface area contributed by atoms with Crippen LogP contribution in [0.1, 0.15) is 69.3 Å². The molecule has 0 radical (unpaired) electrons. The Hall–Kier alpha value is -4.95. The maximum absolute atomic E-state index is 14.4. The van der Waals surface area contributed by atoms with Gasteiger partial charge in [0.25, 0.3) is 0 Å². The molecule has 0 spiro atoms. The highest BCUT2D eigenvalue weighted by Gasteiger charge is 2.56. The van der Waals surface area contributed by atoms with Crippen LogP contribution in [-0.2, 0) is 21.0 Å². The first-order valence-electron chi connectivity index (χ1n) is 17.0. The lowest BCUT2D eigenvalue weighted by atomic mass is 9.61. The zero-order chi connectivity index (χ0) is 36.5. The molecule has 2 amide bonds. The number of hydrogen-bond donors (Lipinski definition) is 3. The van der Waals surface area contributed by atoms with Crippen molar-refractivity contribution in [2.75, 3.05) is 17.7 Å². The molecule has 4 unspecified atom stereocenters. The van der Waals surface area contributed by atoms with Crippen molar-refractivity contribution < 1.29 is 29.0 Å². The minimum absolute atomic E-state index is 0.307. The smallest absolute Gasteiger partial charge is 0.235 e. The van der Waals surface area contributed by atoms with E-state index in [0.29, 0.717) is 35.0 Å². The topological polar surface area (TPSA) is 114 Å².